The Kier molecular flexibility index (Phi) is 20.9. The molecule has 3 aromatic carbocycles. The number of aliphatic hydroxyl groups is 1. The monoisotopic (exact) mass is 604 g/mol. The minimum atomic E-state index is 0.0432. The summed E-state index contributed by atoms with van der Waals surface area (Å²) in [5.41, 5.74) is 5.74. The fourth-order valence-electron chi connectivity index (χ4n) is 3.48. The minimum Gasteiger partial charge on any atom is -0.394 e. The third kappa shape index (κ3) is 19.0. The van der Waals surface area contributed by atoms with E-state index >= 15 is 0 Å². The first kappa shape index (κ1) is 36.8. The zero-order chi connectivity index (χ0) is 31.5. The zero-order valence-electron chi connectivity index (χ0n) is 25.8. The molecular weight excluding hydrogens is 556 g/mol. The fourth-order valence-corrected chi connectivity index (χ4v) is 3.48. The summed E-state index contributed by atoms with van der Waals surface area (Å²) in [6.45, 7) is 17.5. The highest BCUT2D eigenvalue weighted by Crippen LogP contribution is 2.11. The maximum Gasteiger partial charge on any atom is 0.104 e. The van der Waals surface area contributed by atoms with Crippen molar-refractivity contribution in [2.45, 2.75) is 19.3 Å². The molecule has 1 unspecified atom stereocenters. The molecule has 0 radical (unpaired) electrons. The Morgan fingerprint density at radius 3 is 1.39 bits per heavy atom. The molecule has 1 fully saturated rings. The first-order chi connectivity index (χ1) is 21.7. The summed E-state index contributed by atoms with van der Waals surface area (Å²) in [7, 11) is 0. The van der Waals surface area contributed by atoms with Gasteiger partial charge in [0.05, 0.1) is 79.3 Å². The Bertz CT molecular complexity index is 1130. The van der Waals surface area contributed by atoms with E-state index in [0.29, 0.717) is 72.2 Å². The van der Waals surface area contributed by atoms with Gasteiger partial charge in [0, 0.05) is 0 Å². The predicted octanol–water partition coefficient (Wildman–Crippen LogP) is 6.46. The summed E-state index contributed by atoms with van der Waals surface area (Å²) in [5, 5.41) is 8.50. The van der Waals surface area contributed by atoms with Crippen LogP contribution < -0.4 is 0 Å². The number of epoxide rings is 1. The highest BCUT2D eigenvalue weighted by Gasteiger charge is 2.22. The minimum absolute atomic E-state index is 0.0432. The molecule has 1 aliphatic rings. The average Bonchev–Trinajstić information content (AvgIpc) is 3.91. The van der Waals surface area contributed by atoms with Crippen LogP contribution in [0.15, 0.2) is 98.6 Å². The second-order valence-electron chi connectivity index (χ2n) is 9.59. The number of aliphatic hydroxyl groups excluding tert-OH is 1. The van der Waals surface area contributed by atoms with E-state index in [1.165, 1.54) is 11.1 Å². The highest BCUT2D eigenvalue weighted by molar-refractivity contribution is 5.48. The molecule has 3 aromatic rings. The normalized spacial score (nSPS) is 13.1. The molecule has 0 bridgehead atoms. The van der Waals surface area contributed by atoms with Crippen LogP contribution in [0, 0.1) is 0 Å². The summed E-state index contributed by atoms with van der Waals surface area (Å²) >= 11 is 0. The lowest BCUT2D eigenvalue weighted by Crippen LogP contribution is -2.12. The van der Waals surface area contributed by atoms with E-state index < -0.39 is 0 Å². The van der Waals surface area contributed by atoms with Crippen molar-refractivity contribution in [2.24, 2.45) is 0 Å². The van der Waals surface area contributed by atoms with Gasteiger partial charge in [0.2, 0.25) is 0 Å². The lowest BCUT2D eigenvalue weighted by atomic mass is 10.1. The summed E-state index contributed by atoms with van der Waals surface area (Å²) in [5.74, 6) is 0. The standard InChI is InChI=1S/C17H26O5.C12H14O2.C8H8/c1-2-16-3-5-17(6-4-16)15-22-14-13-21-12-11-20-10-9-19-8-7-18;1-2-10-3-5-11(6-4-10)7-13-8-12-9-14-12;1-2-8-6-4-3-5-7-8/h2-6,18H,1,7-15H2;2-6,12H,1,7-9H2;2-7H,1H2. The first-order valence-corrected chi connectivity index (χ1v) is 14.9. The molecule has 1 atom stereocenters. The van der Waals surface area contributed by atoms with Crippen LogP contribution in [-0.2, 0) is 41.6 Å². The Morgan fingerprint density at radius 1 is 0.568 bits per heavy atom. The van der Waals surface area contributed by atoms with Gasteiger partial charge in [0.15, 0.2) is 0 Å². The predicted molar refractivity (Wildman–Crippen MR) is 178 cm³/mol. The van der Waals surface area contributed by atoms with Crippen LogP contribution in [0.2, 0.25) is 0 Å². The molecule has 0 saturated carbocycles. The molecule has 7 heteroatoms. The molecule has 0 aromatic heterocycles. The van der Waals surface area contributed by atoms with Crippen LogP contribution in [0.5, 0.6) is 0 Å². The van der Waals surface area contributed by atoms with E-state index in [1.807, 2.05) is 85.0 Å². The molecule has 7 nitrogen and oxygen atoms in total. The van der Waals surface area contributed by atoms with Crippen LogP contribution in [-0.4, -0.2) is 77.3 Å². The third-order valence-corrected chi connectivity index (χ3v) is 6.06. The molecule has 1 aliphatic heterocycles. The van der Waals surface area contributed by atoms with E-state index in [1.54, 1.807) is 0 Å². The van der Waals surface area contributed by atoms with Crippen molar-refractivity contribution in [3.05, 3.63) is 126 Å². The van der Waals surface area contributed by atoms with Crippen LogP contribution in [0.1, 0.15) is 27.8 Å². The molecule has 1 heterocycles. The molecule has 0 aliphatic carbocycles. The Labute approximate surface area is 263 Å². The number of ether oxygens (including phenoxy) is 6. The molecule has 238 valence electrons. The van der Waals surface area contributed by atoms with Gasteiger partial charge in [-0.2, -0.15) is 0 Å². The van der Waals surface area contributed by atoms with Gasteiger partial charge in [-0.3, -0.25) is 0 Å². The van der Waals surface area contributed by atoms with Gasteiger partial charge in [-0.05, 0) is 27.8 Å². The average molecular weight is 605 g/mol. The number of hydrogen-bond donors (Lipinski definition) is 1. The Morgan fingerprint density at radius 2 is 0.977 bits per heavy atom. The van der Waals surface area contributed by atoms with Crippen molar-refractivity contribution in [3.8, 4) is 0 Å². The van der Waals surface area contributed by atoms with E-state index in [-0.39, 0.29) is 6.61 Å². The Balaban J connectivity index is 0.000000258. The van der Waals surface area contributed by atoms with Gasteiger partial charge >= 0.3 is 0 Å². The van der Waals surface area contributed by atoms with Crippen LogP contribution in [0.4, 0.5) is 0 Å². The van der Waals surface area contributed by atoms with Crippen molar-refractivity contribution < 1.29 is 33.5 Å². The maximum absolute atomic E-state index is 8.50. The second kappa shape index (κ2) is 25.0. The van der Waals surface area contributed by atoms with Gasteiger partial charge in [-0.1, -0.05) is 117 Å². The topological polar surface area (TPSA) is 78.9 Å². The van der Waals surface area contributed by atoms with E-state index in [9.17, 15) is 0 Å². The van der Waals surface area contributed by atoms with Gasteiger partial charge in [0.25, 0.3) is 0 Å². The van der Waals surface area contributed by atoms with E-state index in [2.05, 4.69) is 31.9 Å². The van der Waals surface area contributed by atoms with E-state index in [0.717, 1.165) is 23.3 Å². The van der Waals surface area contributed by atoms with Crippen molar-refractivity contribution in [1.82, 2.24) is 0 Å². The molecular formula is C37H48O7. The number of benzene rings is 3. The summed E-state index contributed by atoms with van der Waals surface area (Å²) < 4.78 is 31.8. The largest absolute Gasteiger partial charge is 0.394 e. The fraction of sp³-hybridized carbons (Fsp3) is 0.351. The van der Waals surface area contributed by atoms with Crippen molar-refractivity contribution in [1.29, 1.82) is 0 Å². The van der Waals surface area contributed by atoms with Crippen LogP contribution >= 0.6 is 0 Å². The van der Waals surface area contributed by atoms with Gasteiger partial charge in [0.1, 0.15) is 6.10 Å². The number of rotatable bonds is 20. The molecule has 1 N–H and O–H groups in total. The summed E-state index contributed by atoms with van der Waals surface area (Å²) in [6.07, 6.45) is 5.84. The SMILES string of the molecule is C=Cc1ccc(COCC2CO2)cc1.C=Cc1ccc(COCCOCCOCCOCCO)cc1.C=Cc1ccccc1. The molecule has 0 amide bonds. The second-order valence-corrected chi connectivity index (χ2v) is 9.59. The van der Waals surface area contributed by atoms with Gasteiger partial charge < -0.3 is 33.5 Å². The van der Waals surface area contributed by atoms with Crippen molar-refractivity contribution in [2.75, 3.05) is 66.1 Å². The third-order valence-electron chi connectivity index (χ3n) is 6.06. The van der Waals surface area contributed by atoms with Crippen molar-refractivity contribution >= 4 is 18.2 Å². The first-order valence-electron chi connectivity index (χ1n) is 14.9. The lowest BCUT2D eigenvalue weighted by Gasteiger charge is -2.07. The zero-order valence-corrected chi connectivity index (χ0v) is 25.8. The molecule has 4 rings (SSSR count). The van der Waals surface area contributed by atoms with Crippen LogP contribution in [0.3, 0.4) is 0 Å². The van der Waals surface area contributed by atoms with E-state index in [4.69, 9.17) is 33.5 Å². The van der Waals surface area contributed by atoms with Gasteiger partial charge in [-0.25, -0.2) is 0 Å². The summed E-state index contributed by atoms with van der Waals surface area (Å²) in [4.78, 5) is 0. The lowest BCUT2D eigenvalue weighted by molar-refractivity contribution is -0.00743. The smallest absolute Gasteiger partial charge is 0.104 e. The van der Waals surface area contributed by atoms with Crippen LogP contribution in [0.25, 0.3) is 18.2 Å². The Hall–Kier alpha value is -3.40. The highest BCUT2D eigenvalue weighted by atomic mass is 16.6. The van der Waals surface area contributed by atoms with Gasteiger partial charge in [-0.15, -0.1) is 0 Å². The molecule has 0 spiro atoms. The summed E-state index contributed by atoms with van der Waals surface area (Å²) in [6, 6.07) is 26.3. The quantitative estimate of drug-likeness (QED) is 0.117. The molecule has 1 saturated heterocycles. The maximum atomic E-state index is 8.50. The molecule has 44 heavy (non-hydrogen) atoms. The number of hydrogen-bond acceptors (Lipinski definition) is 7. The van der Waals surface area contributed by atoms with Crippen molar-refractivity contribution in [3.63, 3.8) is 0 Å².